The lowest BCUT2D eigenvalue weighted by atomic mass is 9.98. The smallest absolute Gasteiger partial charge is 0.321 e. The summed E-state index contributed by atoms with van der Waals surface area (Å²) < 4.78 is 37.6. The molecule has 1 unspecified atom stereocenters. The van der Waals surface area contributed by atoms with Crippen molar-refractivity contribution in [2.24, 2.45) is 5.92 Å². The monoisotopic (exact) mass is 444 g/mol. The first-order valence-corrected chi connectivity index (χ1v) is 9.07. The van der Waals surface area contributed by atoms with Gasteiger partial charge in [0.15, 0.2) is 5.92 Å². The van der Waals surface area contributed by atoms with Crippen LogP contribution in [0.15, 0.2) is 51.8 Å². The summed E-state index contributed by atoms with van der Waals surface area (Å²) in [5, 5.41) is -0.964. The molecule has 0 N–H and O–H groups in total. The largest absolute Gasteiger partial charge is 0.468 e. The van der Waals surface area contributed by atoms with Gasteiger partial charge in [-0.15, -0.1) is 11.8 Å². The van der Waals surface area contributed by atoms with Crippen molar-refractivity contribution in [3.63, 3.8) is 0 Å². The molecule has 4 nitrogen and oxygen atoms in total. The molecule has 8 heteroatoms. The van der Waals surface area contributed by atoms with Crippen molar-refractivity contribution >= 4 is 39.6 Å². The Labute approximate surface area is 162 Å². The van der Waals surface area contributed by atoms with E-state index in [0.29, 0.717) is 9.37 Å². The van der Waals surface area contributed by atoms with E-state index < -0.39 is 34.7 Å². The molecule has 0 radical (unpaired) electrons. The molecule has 2 rings (SSSR count). The van der Waals surface area contributed by atoms with Gasteiger partial charge in [0, 0.05) is 14.9 Å². The summed E-state index contributed by atoms with van der Waals surface area (Å²) in [5.74, 6) is -4.12. The van der Waals surface area contributed by atoms with Gasteiger partial charge in [-0.2, -0.15) is 0 Å². The van der Waals surface area contributed by atoms with Gasteiger partial charge in [-0.25, -0.2) is 8.78 Å². The number of benzene rings is 2. The number of hydrogen-bond acceptors (Lipinski definition) is 5. The first-order chi connectivity index (χ1) is 12.4. The summed E-state index contributed by atoms with van der Waals surface area (Å²) >= 11 is 4.21. The minimum atomic E-state index is -1.39. The van der Waals surface area contributed by atoms with E-state index in [1.165, 1.54) is 36.4 Å². The molecule has 0 bridgehead atoms. The Kier molecular flexibility index (Phi) is 7.16. The molecule has 0 saturated carbocycles. The van der Waals surface area contributed by atoms with Crippen molar-refractivity contribution < 1.29 is 27.8 Å². The first kappa shape index (κ1) is 20.4. The number of carbonyl (C=O) groups is 2. The Morgan fingerprint density at radius 1 is 1.00 bits per heavy atom. The number of ether oxygens (including phenoxy) is 2. The topological polar surface area (TPSA) is 52.6 Å². The second kappa shape index (κ2) is 9.14. The lowest BCUT2D eigenvalue weighted by molar-refractivity contribution is -0.158. The number of carbonyl (C=O) groups excluding carboxylic acids is 2. The van der Waals surface area contributed by atoms with Gasteiger partial charge < -0.3 is 9.47 Å². The number of methoxy groups -OCH3 is 2. The van der Waals surface area contributed by atoms with Crippen LogP contribution in [-0.2, 0) is 19.1 Å². The summed E-state index contributed by atoms with van der Waals surface area (Å²) in [4.78, 5) is 25.0. The van der Waals surface area contributed by atoms with Gasteiger partial charge in [-0.3, -0.25) is 9.59 Å². The second-order valence-corrected chi connectivity index (χ2v) is 7.31. The molecule has 1 atom stereocenters. The molecule has 0 fully saturated rings. The van der Waals surface area contributed by atoms with Gasteiger partial charge in [-0.1, -0.05) is 22.0 Å². The lowest BCUT2D eigenvalue weighted by Crippen LogP contribution is -2.31. The van der Waals surface area contributed by atoms with Crippen LogP contribution in [0.3, 0.4) is 0 Å². The van der Waals surface area contributed by atoms with Crippen molar-refractivity contribution in [3.05, 3.63) is 64.1 Å². The molecule has 26 heavy (non-hydrogen) atoms. The predicted molar refractivity (Wildman–Crippen MR) is 96.6 cm³/mol. The SMILES string of the molecule is COC(=O)C(C(=O)OC)C(Sc1ccc(F)cc1)c1ccc(Br)cc1F. The van der Waals surface area contributed by atoms with Crippen LogP contribution in [0.5, 0.6) is 0 Å². The second-order valence-electron chi connectivity index (χ2n) is 5.18. The zero-order chi connectivity index (χ0) is 19.3. The van der Waals surface area contributed by atoms with E-state index in [4.69, 9.17) is 9.47 Å². The van der Waals surface area contributed by atoms with Gasteiger partial charge in [-0.05, 0) is 36.4 Å². The maximum absolute atomic E-state index is 14.6. The Morgan fingerprint density at radius 3 is 2.08 bits per heavy atom. The van der Waals surface area contributed by atoms with Crippen LogP contribution in [-0.4, -0.2) is 26.2 Å². The number of hydrogen-bond donors (Lipinski definition) is 0. The van der Waals surface area contributed by atoms with E-state index in [1.807, 2.05) is 0 Å². The summed E-state index contributed by atoms with van der Waals surface area (Å²) in [6.45, 7) is 0. The van der Waals surface area contributed by atoms with E-state index in [2.05, 4.69) is 15.9 Å². The summed E-state index contributed by atoms with van der Waals surface area (Å²) in [6, 6.07) is 9.75. The number of halogens is 3. The van der Waals surface area contributed by atoms with E-state index >= 15 is 0 Å². The number of esters is 2. The van der Waals surface area contributed by atoms with Gasteiger partial charge >= 0.3 is 11.9 Å². The molecule has 0 amide bonds. The first-order valence-electron chi connectivity index (χ1n) is 7.40. The normalized spacial score (nSPS) is 11.9. The van der Waals surface area contributed by atoms with Gasteiger partial charge in [0.1, 0.15) is 11.6 Å². The highest BCUT2D eigenvalue weighted by Crippen LogP contribution is 2.43. The molecule has 0 heterocycles. The predicted octanol–water partition coefficient (Wildman–Crippen LogP) is 4.52. The summed E-state index contributed by atoms with van der Waals surface area (Å²) in [6.07, 6.45) is 0. The van der Waals surface area contributed by atoms with Crippen LogP contribution in [0.4, 0.5) is 8.78 Å². The highest BCUT2D eigenvalue weighted by atomic mass is 79.9. The molecule has 0 aliphatic rings. The van der Waals surface area contributed by atoms with Gasteiger partial charge in [0.2, 0.25) is 0 Å². The molecular formula is C18H15BrF2O4S. The van der Waals surface area contributed by atoms with Gasteiger partial charge in [0.05, 0.1) is 19.5 Å². The third-order valence-corrected chi connectivity index (χ3v) is 5.38. The number of rotatable bonds is 6. The zero-order valence-corrected chi connectivity index (χ0v) is 16.3. The van der Waals surface area contributed by atoms with E-state index in [1.54, 1.807) is 6.07 Å². The van der Waals surface area contributed by atoms with E-state index in [9.17, 15) is 18.4 Å². The third-order valence-electron chi connectivity index (χ3n) is 3.56. The van der Waals surface area contributed by atoms with Crippen molar-refractivity contribution in [3.8, 4) is 0 Å². The van der Waals surface area contributed by atoms with Crippen LogP contribution >= 0.6 is 27.7 Å². The number of thioether (sulfide) groups is 1. The lowest BCUT2D eigenvalue weighted by Gasteiger charge is -2.24. The fourth-order valence-electron chi connectivity index (χ4n) is 2.30. The van der Waals surface area contributed by atoms with Crippen molar-refractivity contribution in [1.29, 1.82) is 0 Å². The minimum absolute atomic E-state index is 0.128. The Morgan fingerprint density at radius 2 is 1.58 bits per heavy atom. The Balaban J connectivity index is 2.53. The third kappa shape index (κ3) is 4.82. The van der Waals surface area contributed by atoms with Crippen molar-refractivity contribution in [2.75, 3.05) is 14.2 Å². The zero-order valence-electron chi connectivity index (χ0n) is 13.9. The molecule has 0 aliphatic carbocycles. The van der Waals surface area contributed by atoms with E-state index in [-0.39, 0.29) is 5.56 Å². The van der Waals surface area contributed by atoms with Gasteiger partial charge in [0.25, 0.3) is 0 Å². The Bertz CT molecular complexity index is 782. The highest BCUT2D eigenvalue weighted by molar-refractivity contribution is 9.10. The molecule has 138 valence electrons. The average molecular weight is 445 g/mol. The summed E-state index contributed by atoms with van der Waals surface area (Å²) in [5.41, 5.74) is 0.128. The average Bonchev–Trinajstić information content (AvgIpc) is 2.62. The summed E-state index contributed by atoms with van der Waals surface area (Å²) in [7, 11) is 2.27. The highest BCUT2D eigenvalue weighted by Gasteiger charge is 2.40. The molecule has 2 aromatic rings. The minimum Gasteiger partial charge on any atom is -0.468 e. The standard InChI is InChI=1S/C18H15BrF2O4S/c1-24-17(22)15(18(23)25-2)16(13-8-3-10(19)9-14(13)21)26-12-6-4-11(20)5-7-12/h3-9,15-16H,1-2H3. The molecule has 0 aliphatic heterocycles. The quantitative estimate of drug-likeness (QED) is 0.372. The van der Waals surface area contributed by atoms with Crippen LogP contribution in [0, 0.1) is 17.6 Å². The van der Waals surface area contributed by atoms with Crippen molar-refractivity contribution in [2.45, 2.75) is 10.1 Å². The fraction of sp³-hybridized carbons (Fsp3) is 0.222. The van der Waals surface area contributed by atoms with Crippen LogP contribution < -0.4 is 0 Å². The fourth-order valence-corrected chi connectivity index (χ4v) is 3.90. The molecule has 2 aromatic carbocycles. The molecule has 0 saturated heterocycles. The maximum atomic E-state index is 14.6. The molecule has 0 spiro atoms. The van der Waals surface area contributed by atoms with E-state index in [0.717, 1.165) is 26.0 Å². The molecule has 0 aromatic heterocycles. The maximum Gasteiger partial charge on any atom is 0.321 e. The van der Waals surface area contributed by atoms with Crippen LogP contribution in [0.2, 0.25) is 0 Å². The van der Waals surface area contributed by atoms with Crippen molar-refractivity contribution in [1.82, 2.24) is 0 Å². The van der Waals surface area contributed by atoms with Crippen LogP contribution in [0.1, 0.15) is 10.8 Å². The molecular weight excluding hydrogens is 430 g/mol. The van der Waals surface area contributed by atoms with Crippen LogP contribution in [0.25, 0.3) is 0 Å². The Hall–Kier alpha value is -1.93.